The van der Waals surface area contributed by atoms with Crippen LogP contribution in [-0.4, -0.2) is 95.4 Å². The zero-order valence-corrected chi connectivity index (χ0v) is 32.0. The molecule has 1 aromatic heterocycles. The van der Waals surface area contributed by atoms with Gasteiger partial charge in [0, 0.05) is 28.1 Å². The summed E-state index contributed by atoms with van der Waals surface area (Å²) in [6.45, 7) is 13.9. The average Bonchev–Trinajstić information content (AvgIpc) is 3.97. The van der Waals surface area contributed by atoms with Gasteiger partial charge in [-0.15, -0.1) is 6.58 Å². The number of pyridine rings is 1. The van der Waals surface area contributed by atoms with Crippen LogP contribution in [0.4, 0.5) is 4.79 Å². The van der Waals surface area contributed by atoms with E-state index in [-0.39, 0.29) is 25.3 Å². The third-order valence-electron chi connectivity index (χ3n) is 9.41. The number of amides is 4. The van der Waals surface area contributed by atoms with Crippen molar-refractivity contribution in [3.8, 4) is 11.6 Å². The molecular formula is C35H47ClN6O9S. The maximum Gasteiger partial charge on any atom is 0.408 e. The molecular weight excluding hydrogens is 716 g/mol. The minimum absolute atomic E-state index is 0.0265. The van der Waals surface area contributed by atoms with Crippen molar-refractivity contribution >= 4 is 56.2 Å². The van der Waals surface area contributed by atoms with Gasteiger partial charge >= 0.3 is 6.09 Å². The van der Waals surface area contributed by atoms with Crippen molar-refractivity contribution in [1.29, 1.82) is 0 Å². The number of fused-ring (bicyclic) bond motifs is 1. The minimum Gasteiger partial charge on any atom is -0.494 e. The fourth-order valence-electron chi connectivity index (χ4n) is 6.42. The maximum atomic E-state index is 14.5. The number of sulfonamides is 1. The summed E-state index contributed by atoms with van der Waals surface area (Å²) in [5.41, 5.74) is -3.47. The van der Waals surface area contributed by atoms with Gasteiger partial charge in [-0.3, -0.25) is 24.1 Å². The summed E-state index contributed by atoms with van der Waals surface area (Å²) in [7, 11) is -2.47. The van der Waals surface area contributed by atoms with Gasteiger partial charge in [0.2, 0.25) is 21.8 Å². The summed E-state index contributed by atoms with van der Waals surface area (Å²) < 4.78 is 44.9. The Labute approximate surface area is 308 Å². The van der Waals surface area contributed by atoms with Gasteiger partial charge in [0.15, 0.2) is 0 Å². The van der Waals surface area contributed by atoms with Crippen molar-refractivity contribution in [2.24, 2.45) is 17.2 Å². The zero-order valence-electron chi connectivity index (χ0n) is 30.4. The second-order valence-corrected chi connectivity index (χ2v) is 18.0. The van der Waals surface area contributed by atoms with E-state index in [1.165, 1.54) is 24.3 Å². The van der Waals surface area contributed by atoms with Crippen LogP contribution in [0.2, 0.25) is 5.02 Å². The first-order chi connectivity index (χ1) is 24.1. The smallest absolute Gasteiger partial charge is 0.408 e. The highest BCUT2D eigenvalue weighted by Gasteiger charge is 2.66. The lowest BCUT2D eigenvalue weighted by molar-refractivity contribution is -0.151. The number of nitrogens with two attached hydrogens (primary N) is 1. The van der Waals surface area contributed by atoms with Crippen LogP contribution in [0, 0.1) is 11.3 Å². The van der Waals surface area contributed by atoms with Gasteiger partial charge in [0.05, 0.1) is 25.1 Å². The molecule has 2 saturated carbocycles. The number of carbonyl (C=O) groups excluding carboxylic acids is 4. The van der Waals surface area contributed by atoms with E-state index in [9.17, 15) is 27.6 Å². The Kier molecular flexibility index (Phi) is 10.5. The molecule has 2 aliphatic carbocycles. The first kappa shape index (κ1) is 39.1. The molecule has 15 nitrogen and oxygen atoms in total. The molecule has 4 N–H and O–H groups in total. The lowest BCUT2D eigenvalue weighted by atomic mass is 9.85. The number of hydrazine groups is 1. The Morgan fingerprint density at radius 3 is 2.38 bits per heavy atom. The number of hydrogen-bond donors (Lipinski definition) is 3. The zero-order chi connectivity index (χ0) is 38.6. The number of alkyl carbamates (subject to hydrolysis) is 1. The highest BCUT2D eigenvalue weighted by Crippen LogP contribution is 2.49. The maximum absolute atomic E-state index is 14.5. The molecule has 0 unspecified atom stereocenters. The lowest BCUT2D eigenvalue weighted by Gasteiger charge is -2.37. The number of methoxy groups -OCH3 is 1. The molecule has 1 saturated heterocycles. The first-order valence-electron chi connectivity index (χ1n) is 17.0. The van der Waals surface area contributed by atoms with Crippen LogP contribution in [-0.2, 0) is 29.1 Å². The van der Waals surface area contributed by atoms with E-state index in [0.717, 1.165) is 5.01 Å². The molecule has 5 atom stereocenters. The predicted octanol–water partition coefficient (Wildman–Crippen LogP) is 3.44. The average molecular weight is 763 g/mol. The van der Waals surface area contributed by atoms with E-state index in [4.69, 9.17) is 31.7 Å². The van der Waals surface area contributed by atoms with Gasteiger partial charge in [-0.2, -0.15) is 0 Å². The summed E-state index contributed by atoms with van der Waals surface area (Å²) in [5, 5.41) is 4.30. The number of likely N-dealkylation sites (tertiary alicyclic amines) is 1. The largest absolute Gasteiger partial charge is 0.494 e. The molecule has 0 bridgehead atoms. The SMILES string of the molecule is C=C[C@@H]1C[C@@]1(C(=O)NS(=O)(=O)C1CC1)N(N)C(=O)[C@@H]1C[C@@H](Oc2ncc(OC)c3ccc(Cl)cc23)CN1C(=O)[C@@H](NC(=O)OC(C)(C)C)C(C)(C)C. The van der Waals surface area contributed by atoms with Crippen molar-refractivity contribution in [2.75, 3.05) is 13.7 Å². The highest BCUT2D eigenvalue weighted by atomic mass is 35.5. The van der Waals surface area contributed by atoms with Gasteiger partial charge in [-0.25, -0.2) is 24.0 Å². The van der Waals surface area contributed by atoms with Crippen molar-refractivity contribution < 1.29 is 41.8 Å². The number of nitrogens with one attached hydrogen (secondary N) is 2. The van der Waals surface area contributed by atoms with Gasteiger partial charge in [0.1, 0.15) is 35.1 Å². The number of aromatic nitrogens is 1. The number of nitrogens with zero attached hydrogens (tertiary/aromatic N) is 3. The molecule has 3 fully saturated rings. The Bertz CT molecular complexity index is 1890. The number of hydrogen-bond acceptors (Lipinski definition) is 11. The second-order valence-electron chi connectivity index (χ2n) is 15.6. The molecule has 284 valence electrons. The van der Waals surface area contributed by atoms with Crippen molar-refractivity contribution in [2.45, 2.75) is 102 Å². The van der Waals surface area contributed by atoms with Gasteiger partial charge in [-0.1, -0.05) is 38.4 Å². The van der Waals surface area contributed by atoms with Crippen LogP contribution in [0.25, 0.3) is 10.8 Å². The molecule has 2 heterocycles. The van der Waals surface area contributed by atoms with Gasteiger partial charge in [-0.05, 0) is 63.6 Å². The Balaban J connectivity index is 1.50. The molecule has 52 heavy (non-hydrogen) atoms. The number of rotatable bonds is 11. The number of halogens is 1. The summed E-state index contributed by atoms with van der Waals surface area (Å²) in [5.74, 6) is 4.07. The van der Waals surface area contributed by atoms with Crippen molar-refractivity contribution in [3.63, 3.8) is 0 Å². The van der Waals surface area contributed by atoms with E-state index in [1.54, 1.807) is 59.7 Å². The van der Waals surface area contributed by atoms with Crippen LogP contribution < -0.4 is 25.4 Å². The number of ether oxygens (including phenoxy) is 3. The molecule has 5 rings (SSSR count). The van der Waals surface area contributed by atoms with E-state index < -0.39 is 79.7 Å². The third kappa shape index (κ3) is 7.93. The summed E-state index contributed by atoms with van der Waals surface area (Å²) in [4.78, 5) is 61.2. The molecule has 0 radical (unpaired) electrons. The Hall–Kier alpha value is -4.15. The van der Waals surface area contributed by atoms with Crippen LogP contribution in [0.5, 0.6) is 11.6 Å². The fourth-order valence-corrected chi connectivity index (χ4v) is 7.95. The Morgan fingerprint density at radius 1 is 1.15 bits per heavy atom. The molecule has 1 aliphatic heterocycles. The quantitative estimate of drug-likeness (QED) is 0.131. The molecule has 2 aromatic rings. The van der Waals surface area contributed by atoms with Gasteiger partial charge < -0.3 is 24.4 Å². The molecule has 4 amide bonds. The first-order valence-corrected chi connectivity index (χ1v) is 18.9. The normalized spacial score (nSPS) is 23.7. The molecule has 3 aliphatic rings. The molecule has 0 spiro atoms. The van der Waals surface area contributed by atoms with Crippen LogP contribution in [0.15, 0.2) is 37.1 Å². The summed E-state index contributed by atoms with van der Waals surface area (Å²) in [6, 6.07) is 2.63. The fraction of sp³-hybridized carbons (Fsp3) is 0.571. The Morgan fingerprint density at radius 2 is 1.83 bits per heavy atom. The van der Waals surface area contributed by atoms with E-state index >= 15 is 0 Å². The molecule has 1 aromatic carbocycles. The van der Waals surface area contributed by atoms with E-state index in [0.29, 0.717) is 34.4 Å². The van der Waals surface area contributed by atoms with Crippen LogP contribution in [0.1, 0.15) is 67.2 Å². The van der Waals surface area contributed by atoms with E-state index in [1.807, 2.05) is 0 Å². The molecule has 17 heteroatoms. The van der Waals surface area contributed by atoms with Crippen molar-refractivity contribution in [3.05, 3.63) is 42.1 Å². The topological polar surface area (TPSA) is 200 Å². The number of carbonyl (C=O) groups is 4. The second kappa shape index (κ2) is 14.0. The minimum atomic E-state index is -3.97. The van der Waals surface area contributed by atoms with Crippen LogP contribution in [0.3, 0.4) is 0 Å². The number of benzene rings is 1. The van der Waals surface area contributed by atoms with Crippen LogP contribution >= 0.6 is 11.6 Å². The third-order valence-corrected chi connectivity index (χ3v) is 11.5. The standard InChI is InChI=1S/C35H47ClN6O9S/c1-9-19-16-35(19,31(45)40-52(47,48)22-11-12-22)42(37)29(43)25-15-21(50-28-24-14-20(36)10-13-23(24)26(49-8)17-38-28)18-41(25)30(44)27(33(2,3)4)39-32(46)51-34(5,6)7/h9-10,13-14,17,19,21-22,25,27H,1,11-12,15-16,18,37H2,2-8H3,(H,39,46)(H,40,45)/t19-,21-,25+,27-,35-/m1/s1. The summed E-state index contributed by atoms with van der Waals surface area (Å²) >= 11 is 6.32. The summed E-state index contributed by atoms with van der Waals surface area (Å²) in [6.07, 6.45) is 2.03. The monoisotopic (exact) mass is 762 g/mol. The lowest BCUT2D eigenvalue weighted by Crippen LogP contribution is -2.63. The highest BCUT2D eigenvalue weighted by molar-refractivity contribution is 7.91. The van der Waals surface area contributed by atoms with Gasteiger partial charge in [0.25, 0.3) is 11.8 Å². The van der Waals surface area contributed by atoms with E-state index in [2.05, 4.69) is 21.6 Å². The predicted molar refractivity (Wildman–Crippen MR) is 193 cm³/mol. The van der Waals surface area contributed by atoms with Crippen molar-refractivity contribution in [1.82, 2.24) is 24.9 Å².